The van der Waals surface area contributed by atoms with E-state index in [0.717, 1.165) is 26.7 Å². The summed E-state index contributed by atoms with van der Waals surface area (Å²) >= 11 is 0. The van der Waals surface area contributed by atoms with Gasteiger partial charge in [0.15, 0.2) is 46.0 Å². The third kappa shape index (κ3) is 23.8. The van der Waals surface area contributed by atoms with Crippen LogP contribution in [-0.2, 0) is 63.8 Å². The van der Waals surface area contributed by atoms with E-state index in [0.29, 0.717) is 28.2 Å². The maximum atomic E-state index is 13.7. The number of fused-ring (bicyclic) bond motifs is 12. The lowest BCUT2D eigenvalue weighted by Crippen LogP contribution is -2.51. The van der Waals surface area contributed by atoms with Gasteiger partial charge in [0.05, 0.1) is 74.6 Å². The van der Waals surface area contributed by atoms with E-state index in [1.54, 1.807) is 53.7 Å². The van der Waals surface area contributed by atoms with Crippen LogP contribution in [0.5, 0.6) is 46.0 Å². The SMILES string of the molecule is [2H]C([2H])([2H])C([2H])(C([2H])([2H])[2H])[C@]([2H])(N)C(=O)OC1([2H])C([2H])([2H])C2c3cc(OC)c(OC)cc3CCN2C([2H])([2H])C1([2H])CC(C)C.[2H]C([2H])([2H])C([2H])(C([2H])([2H])[2H])[C@]([2H])(N)C(=O)OC1([2H])C([2H])([2H])C2c3cc(OC)c(OC)cc3CCN2C([2H])([2H])C1([2H])CC(C)C.[2H]C([2H])([2H])Oc1cc2c(cc1OC)C1N(CC2)C([2H])([2H])C([2H])(CC(C)C)C(OC(=O)[C@@]([2H])(N)C([2H])(C([2H])([2H])[2H])C([2H])([2H])[2H])C1([2H])[2H].[2H]C([2H])([2H])Oc1cc2c(cc1OC)C1N(CC2)C([2H])([2H])C([2H])(CC(C)C)C([2H])(OC(=O)[C@@]([2H])(N)C([2H])(C([2H])([2H])[2H])C([2H])([2H])[2H])C1([2H])[2H]. The maximum absolute atomic E-state index is 13.7. The molecule has 4 fully saturated rings. The summed E-state index contributed by atoms with van der Waals surface area (Å²) in [6.45, 7) is -30.9. The lowest BCUT2D eigenvalue weighted by atomic mass is 9.79. The number of carbonyl (C=O) groups is 4. The molecule has 12 unspecified atom stereocenters. The fraction of sp³-hybridized carbons (Fsp3) is 0.708. The number of nitrogens with zero attached hydrogens (tertiary/aromatic N) is 4. The lowest BCUT2D eigenvalue weighted by Gasteiger charge is -2.47. The minimum Gasteiger partial charge on any atom is -0.493 e. The van der Waals surface area contributed by atoms with E-state index in [-0.39, 0.29) is 114 Å². The smallest absolute Gasteiger partial charge is 0.323 e. The number of hydrogen-bond acceptors (Lipinski definition) is 24. The predicted octanol–water partition coefficient (Wildman–Crippen LogP) is 14.3. The van der Waals surface area contributed by atoms with E-state index in [2.05, 4.69) is 0 Å². The van der Waals surface area contributed by atoms with Crippen LogP contribution >= 0.6 is 0 Å². The van der Waals surface area contributed by atoms with Crippen molar-refractivity contribution in [2.24, 2.45) is 93.8 Å². The average Bonchev–Trinajstić information content (AvgIpc) is 0.671. The van der Waals surface area contributed by atoms with Gasteiger partial charge in [0.1, 0.15) is 48.4 Å². The van der Waals surface area contributed by atoms with E-state index in [1.165, 1.54) is 85.8 Å². The van der Waals surface area contributed by atoms with Gasteiger partial charge in [-0.15, -0.1) is 0 Å². The first-order chi connectivity index (χ1) is 80.5. The molecule has 0 radical (unpaired) electrons. The number of piperidine rings is 4. The van der Waals surface area contributed by atoms with Gasteiger partial charge in [0.25, 0.3) is 0 Å². The van der Waals surface area contributed by atoms with Crippen LogP contribution in [0.3, 0.4) is 0 Å². The molecule has 0 aliphatic carbocycles. The van der Waals surface area contributed by atoms with Gasteiger partial charge in [-0.3, -0.25) is 38.8 Å². The molecule has 24 nitrogen and oxygen atoms in total. The lowest BCUT2D eigenvalue weighted by molar-refractivity contribution is -0.161. The Kier molecular flexibility index (Phi) is 15.6. The summed E-state index contributed by atoms with van der Waals surface area (Å²) in [5.41, 5.74) is 24.6. The molecule has 4 aromatic carbocycles. The molecule has 4 aromatic rings. The summed E-state index contributed by atoms with van der Waals surface area (Å²) in [7, 11) is 2.00. The Balaban J connectivity index is 0.000000263. The standard InChI is InChI=1S/4C24H38N2O4/c4*1-14(2)9-17-13-26-8-7-16-10-21(28-5)22(29-6)11-18(16)19(26)12-20(17)30-24(27)23(25)15(3)4/h4*10-11,14-15,17,19-20,23H,7-9,12-13,25H2,1-6H3/t4*17?,19?,20?,23-/m0000/s1/i3D3,4D3,5D3,12D2,13D2,15D,17D,20D,23D;2*3D3,4D3,12D2,13D2,15D,17D,20D,23D;3D3,4D3,5D3,12D2,13D2,15D,17D,23D. The number of ether oxygens (including phenoxy) is 12. The molecule has 4 saturated heterocycles. The van der Waals surface area contributed by atoms with Crippen molar-refractivity contribution < 1.29 is 160 Å². The van der Waals surface area contributed by atoms with Crippen molar-refractivity contribution in [1.82, 2.24) is 19.6 Å². The fourth-order valence-electron chi connectivity index (χ4n) is 14.2. The molecule has 8 heterocycles. The molecule has 0 amide bonds. The van der Waals surface area contributed by atoms with Crippen LogP contribution in [0.2, 0.25) is 0 Å². The molecule has 12 rings (SSSR count). The van der Waals surface area contributed by atoms with Gasteiger partial charge in [-0.05, 0) is 192 Å². The molecular weight excluding hydrogens is 1520 g/mol. The summed E-state index contributed by atoms with van der Waals surface area (Å²) in [5, 5.41) is 0. The van der Waals surface area contributed by atoms with Crippen LogP contribution in [0.15, 0.2) is 48.5 Å². The molecule has 8 N–H and O–H groups in total. The minimum absolute atomic E-state index is 0.0114. The number of benzene rings is 4. The Morgan fingerprint density at radius 2 is 0.583 bits per heavy atom. The topological polar surface area (TPSA) is 296 Å². The normalized spacial score (nSPS) is 42.5. The van der Waals surface area contributed by atoms with Crippen LogP contribution in [0.25, 0.3) is 0 Å². The van der Waals surface area contributed by atoms with Gasteiger partial charge in [-0.2, -0.15) is 0 Å². The minimum atomic E-state index is -4.08. The number of rotatable bonds is 28. The first-order valence-electron chi connectivity index (χ1n) is 68.9. The first-order valence-corrected chi connectivity index (χ1v) is 38.4. The highest BCUT2D eigenvalue weighted by Crippen LogP contribution is 2.50. The molecule has 0 bridgehead atoms. The molecule has 120 heavy (non-hydrogen) atoms. The molecule has 8 aliphatic heterocycles. The van der Waals surface area contributed by atoms with E-state index >= 15 is 0 Å². The summed E-state index contributed by atoms with van der Waals surface area (Å²) < 4.78 is 572. The fourth-order valence-corrected chi connectivity index (χ4v) is 14.2. The van der Waals surface area contributed by atoms with E-state index in [9.17, 15) is 39.7 Å². The Hall–Kier alpha value is -7.16. The molecule has 672 valence electrons. The largest absolute Gasteiger partial charge is 0.493 e. The second-order valence-electron chi connectivity index (χ2n) is 30.3. The highest BCUT2D eigenvalue weighted by molar-refractivity contribution is 5.77. The van der Waals surface area contributed by atoms with E-state index < -0.39 is 313 Å². The average molecular weight is 1740 g/mol. The summed E-state index contributed by atoms with van der Waals surface area (Å²) in [6.07, 6.45) is -27.7. The highest BCUT2D eigenvalue weighted by Gasteiger charge is 2.47. The third-order valence-corrected chi connectivity index (χ3v) is 19.9. The maximum Gasteiger partial charge on any atom is 0.323 e. The van der Waals surface area contributed by atoms with Gasteiger partial charge in [-0.1, -0.05) is 110 Å². The van der Waals surface area contributed by atoms with Crippen LogP contribution in [0, 0.1) is 70.8 Å². The quantitative estimate of drug-likeness (QED) is 0.0303. The molecular formula is C96H152N8O16. The van der Waals surface area contributed by atoms with Crippen LogP contribution < -0.4 is 60.8 Å². The second-order valence-corrected chi connectivity index (χ2v) is 30.3. The van der Waals surface area contributed by atoms with Gasteiger partial charge in [0, 0.05) is 191 Å². The number of hydrogen-bond donors (Lipinski definition) is 4. The predicted molar refractivity (Wildman–Crippen MR) is 471 cm³/mol. The summed E-state index contributed by atoms with van der Waals surface area (Å²) in [6, 6.07) is -11.9. The Morgan fingerprint density at radius 1 is 0.358 bits per heavy atom. The van der Waals surface area contributed by atoms with Crippen LogP contribution in [0.4, 0.5) is 0 Å². The number of nitrogens with two attached hydrogens (primary N) is 4. The summed E-state index contributed by atoms with van der Waals surface area (Å²) in [5.74, 6) is -39.1. The molecule has 0 spiro atoms. The number of methoxy groups -OCH3 is 8. The number of esters is 4. The van der Waals surface area contributed by atoms with Crippen LogP contribution in [-0.4, -0.2) is 201 Å². The van der Waals surface area contributed by atoms with Gasteiger partial charge < -0.3 is 79.8 Å². The summed E-state index contributed by atoms with van der Waals surface area (Å²) in [4.78, 5) is 58.7. The van der Waals surface area contributed by atoms with Gasteiger partial charge >= 0.3 is 23.9 Å². The third-order valence-electron chi connectivity index (χ3n) is 19.9. The van der Waals surface area contributed by atoms with Crippen molar-refractivity contribution in [2.45, 2.75) is 260 Å². The van der Waals surface area contributed by atoms with Crippen molar-refractivity contribution in [1.29, 1.82) is 0 Å². The van der Waals surface area contributed by atoms with Crippen molar-refractivity contribution in [3.05, 3.63) is 93.0 Å². The molecule has 24 heteroatoms. The monoisotopic (exact) mass is 1730 g/mol. The Labute approximate surface area is 804 Å². The zero-order valence-corrected chi connectivity index (χ0v) is 69.4. The van der Waals surface area contributed by atoms with Crippen LogP contribution in [0.1, 0.15) is 314 Å². The zero-order chi connectivity index (χ0) is 141. The molecule has 0 saturated carbocycles. The van der Waals surface area contributed by atoms with Crippen molar-refractivity contribution >= 4 is 23.9 Å². The van der Waals surface area contributed by atoms with Gasteiger partial charge in [-0.25, -0.2) is 0 Å². The second kappa shape index (κ2) is 43.9. The zero-order valence-electron chi connectivity index (χ0n) is 130. The highest BCUT2D eigenvalue weighted by atomic mass is 16.6. The number of carbonyl (C=O) groups excluding carboxylic acids is 4. The molecule has 8 aliphatic rings. The van der Waals surface area contributed by atoms with Crippen molar-refractivity contribution in [2.75, 3.05) is 109 Å². The van der Waals surface area contributed by atoms with E-state index in [4.69, 9.17) is 143 Å². The molecule has 0 aromatic heterocycles. The first kappa shape index (κ1) is 42.7. The molecule has 16 atom stereocenters. The van der Waals surface area contributed by atoms with Crippen molar-refractivity contribution in [3.63, 3.8) is 0 Å². The van der Waals surface area contributed by atoms with Crippen molar-refractivity contribution in [3.8, 4) is 46.0 Å². The van der Waals surface area contributed by atoms with Gasteiger partial charge in [0.2, 0.25) is 0 Å². The van der Waals surface area contributed by atoms with E-state index in [1.807, 2.05) is 0 Å². The Bertz CT molecular complexity index is 6610. The Morgan fingerprint density at radius 3 is 0.825 bits per heavy atom.